The highest BCUT2D eigenvalue weighted by Gasteiger charge is 2.38. The molecule has 1 aromatic heterocycles. The molecule has 2 N–H and O–H groups in total. The van der Waals surface area contributed by atoms with Crippen LogP contribution in [-0.2, 0) is 5.54 Å². The summed E-state index contributed by atoms with van der Waals surface area (Å²) in [5, 5.41) is 14.1. The molecule has 4 rings (SSSR count). The fraction of sp³-hybridized carbons (Fsp3) is 0.474. The molecule has 0 amide bonds. The van der Waals surface area contributed by atoms with Crippen LogP contribution in [0.1, 0.15) is 44.7 Å². The van der Waals surface area contributed by atoms with E-state index in [1.165, 1.54) is 29.9 Å². The van der Waals surface area contributed by atoms with Crippen LogP contribution >= 0.6 is 0 Å². The van der Waals surface area contributed by atoms with E-state index in [0.717, 1.165) is 19.3 Å². The van der Waals surface area contributed by atoms with Crippen LogP contribution in [0.25, 0.3) is 5.69 Å². The number of nitrogens with zero attached hydrogens (tertiary/aromatic N) is 1. The minimum absolute atomic E-state index is 0.124. The number of anilines is 1. The molecule has 1 saturated carbocycles. The van der Waals surface area contributed by atoms with Crippen LogP contribution in [-0.4, -0.2) is 15.8 Å². The van der Waals surface area contributed by atoms with Crippen molar-refractivity contribution < 1.29 is 5.11 Å². The summed E-state index contributed by atoms with van der Waals surface area (Å²) in [6, 6.07) is 12.8. The van der Waals surface area contributed by atoms with E-state index in [9.17, 15) is 5.11 Å². The summed E-state index contributed by atoms with van der Waals surface area (Å²) in [7, 11) is 0. The van der Waals surface area contributed by atoms with E-state index >= 15 is 0 Å². The van der Waals surface area contributed by atoms with Crippen LogP contribution in [0.3, 0.4) is 0 Å². The molecule has 2 aliphatic rings. The molecule has 1 aliphatic heterocycles. The van der Waals surface area contributed by atoms with Gasteiger partial charge in [0.25, 0.3) is 0 Å². The highest BCUT2D eigenvalue weighted by Crippen LogP contribution is 2.43. The lowest BCUT2D eigenvalue weighted by Crippen LogP contribution is -2.42. The third-order valence-electron chi connectivity index (χ3n) is 5.43. The number of rotatable bonds is 2. The Balaban J connectivity index is 1.71. The molecule has 22 heavy (non-hydrogen) atoms. The van der Waals surface area contributed by atoms with Crippen molar-refractivity contribution in [2.45, 2.75) is 50.7 Å². The monoisotopic (exact) mass is 296 g/mol. The lowest BCUT2D eigenvalue weighted by atomic mass is 9.76. The Kier molecular flexibility index (Phi) is 3.26. The summed E-state index contributed by atoms with van der Waals surface area (Å²) in [6.45, 7) is 2.27. The van der Waals surface area contributed by atoms with Crippen LogP contribution in [0.15, 0.2) is 42.6 Å². The van der Waals surface area contributed by atoms with Crippen molar-refractivity contribution in [3.63, 3.8) is 0 Å². The maximum atomic E-state index is 10.4. The molecule has 3 nitrogen and oxygen atoms in total. The van der Waals surface area contributed by atoms with Crippen molar-refractivity contribution in [1.29, 1.82) is 0 Å². The van der Waals surface area contributed by atoms with E-state index in [1.54, 1.807) is 0 Å². The summed E-state index contributed by atoms with van der Waals surface area (Å²) in [5.41, 5.74) is 3.56. The topological polar surface area (TPSA) is 37.2 Å². The Morgan fingerprint density at radius 2 is 2.00 bits per heavy atom. The van der Waals surface area contributed by atoms with Gasteiger partial charge in [0.05, 0.1) is 23.0 Å². The van der Waals surface area contributed by atoms with Gasteiger partial charge in [-0.05, 0) is 56.4 Å². The molecule has 1 aromatic carbocycles. The molecular formula is C19H24N2O. The zero-order chi connectivity index (χ0) is 15.2. The number of aromatic nitrogens is 1. The van der Waals surface area contributed by atoms with Gasteiger partial charge in [-0.2, -0.15) is 0 Å². The van der Waals surface area contributed by atoms with Crippen LogP contribution < -0.4 is 5.32 Å². The molecule has 0 radical (unpaired) electrons. The summed E-state index contributed by atoms with van der Waals surface area (Å²) in [6.07, 6.45) is 7.49. The van der Waals surface area contributed by atoms with Crippen molar-refractivity contribution >= 4 is 5.69 Å². The molecule has 1 aliphatic carbocycles. The Bertz CT molecular complexity index is 678. The van der Waals surface area contributed by atoms with Gasteiger partial charge in [-0.15, -0.1) is 0 Å². The van der Waals surface area contributed by atoms with E-state index in [4.69, 9.17) is 0 Å². The van der Waals surface area contributed by atoms with E-state index in [-0.39, 0.29) is 11.6 Å². The Labute approximate surface area is 132 Å². The molecule has 0 spiro atoms. The lowest BCUT2D eigenvalue weighted by Gasteiger charge is -2.42. The number of benzene rings is 1. The van der Waals surface area contributed by atoms with Crippen molar-refractivity contribution in [1.82, 2.24) is 4.57 Å². The standard InChI is InChI=1S/C19H24N2O/c1-19(13-14-7-2-5-10-17(14)22)18-11-6-12-21(18)16-9-4-3-8-15(16)20-19/h3-4,6,8-9,11-12,14,17,20,22H,2,5,7,10,13H2,1H3/t14-,17+,19-/m1/s1. The number of aliphatic hydroxyl groups is 1. The normalized spacial score (nSPS) is 30.3. The van der Waals surface area contributed by atoms with Crippen LogP contribution in [0.2, 0.25) is 0 Å². The molecule has 3 heteroatoms. The maximum Gasteiger partial charge on any atom is 0.0755 e. The van der Waals surface area contributed by atoms with Gasteiger partial charge in [-0.1, -0.05) is 25.0 Å². The van der Waals surface area contributed by atoms with Gasteiger partial charge in [0, 0.05) is 11.9 Å². The molecule has 2 heterocycles. The summed E-state index contributed by atoms with van der Waals surface area (Å²) in [5.74, 6) is 0.389. The second-order valence-electron chi connectivity index (χ2n) is 7.05. The molecule has 0 unspecified atom stereocenters. The van der Waals surface area contributed by atoms with Gasteiger partial charge >= 0.3 is 0 Å². The van der Waals surface area contributed by atoms with Gasteiger partial charge in [-0.25, -0.2) is 0 Å². The van der Waals surface area contributed by atoms with Gasteiger partial charge in [-0.3, -0.25) is 0 Å². The minimum Gasteiger partial charge on any atom is -0.393 e. The SMILES string of the molecule is C[C@]1(C[C@H]2CCCC[C@@H]2O)Nc2ccccc2-n2cccc21. The van der Waals surface area contributed by atoms with Crippen molar-refractivity contribution in [2.75, 3.05) is 5.32 Å². The first-order valence-electron chi connectivity index (χ1n) is 8.41. The molecule has 3 atom stereocenters. The van der Waals surface area contributed by atoms with Crippen LogP contribution in [0.5, 0.6) is 0 Å². The van der Waals surface area contributed by atoms with Gasteiger partial charge < -0.3 is 15.0 Å². The number of fused-ring (bicyclic) bond motifs is 3. The molecule has 0 bridgehead atoms. The molecular weight excluding hydrogens is 272 g/mol. The van der Waals surface area contributed by atoms with E-state index in [2.05, 4.69) is 59.4 Å². The van der Waals surface area contributed by atoms with Gasteiger partial charge in [0.15, 0.2) is 0 Å². The van der Waals surface area contributed by atoms with E-state index in [1.807, 2.05) is 0 Å². The number of para-hydroxylation sites is 2. The summed E-state index contributed by atoms with van der Waals surface area (Å²) in [4.78, 5) is 0. The van der Waals surface area contributed by atoms with E-state index < -0.39 is 0 Å². The Morgan fingerprint density at radius 3 is 2.86 bits per heavy atom. The zero-order valence-corrected chi connectivity index (χ0v) is 13.1. The Hall–Kier alpha value is -1.74. The molecule has 1 fully saturated rings. The maximum absolute atomic E-state index is 10.4. The summed E-state index contributed by atoms with van der Waals surface area (Å²) < 4.78 is 2.29. The zero-order valence-electron chi connectivity index (χ0n) is 13.1. The third-order valence-corrected chi connectivity index (χ3v) is 5.43. The lowest BCUT2D eigenvalue weighted by molar-refractivity contribution is 0.0547. The minimum atomic E-state index is -0.145. The second kappa shape index (κ2) is 5.17. The van der Waals surface area contributed by atoms with Crippen LogP contribution in [0.4, 0.5) is 5.69 Å². The molecule has 2 aromatic rings. The first-order chi connectivity index (χ1) is 10.7. The third kappa shape index (κ3) is 2.15. The number of hydrogen-bond donors (Lipinski definition) is 2. The number of hydrogen-bond acceptors (Lipinski definition) is 2. The van der Waals surface area contributed by atoms with Crippen LogP contribution in [0, 0.1) is 5.92 Å². The fourth-order valence-corrected chi connectivity index (χ4v) is 4.30. The predicted octanol–water partition coefficient (Wildman–Crippen LogP) is 4.06. The van der Waals surface area contributed by atoms with Crippen molar-refractivity contribution in [2.24, 2.45) is 5.92 Å². The molecule has 116 valence electrons. The number of nitrogens with one attached hydrogen (secondary N) is 1. The van der Waals surface area contributed by atoms with Crippen molar-refractivity contribution in [3.8, 4) is 5.69 Å². The van der Waals surface area contributed by atoms with Gasteiger partial charge in [0.2, 0.25) is 0 Å². The predicted molar refractivity (Wildman–Crippen MR) is 89.3 cm³/mol. The summed E-state index contributed by atoms with van der Waals surface area (Å²) >= 11 is 0. The Morgan fingerprint density at radius 1 is 1.18 bits per heavy atom. The van der Waals surface area contributed by atoms with Crippen molar-refractivity contribution in [3.05, 3.63) is 48.3 Å². The first-order valence-corrected chi connectivity index (χ1v) is 8.41. The van der Waals surface area contributed by atoms with E-state index in [0.29, 0.717) is 5.92 Å². The highest BCUT2D eigenvalue weighted by atomic mass is 16.3. The second-order valence-corrected chi connectivity index (χ2v) is 7.05. The largest absolute Gasteiger partial charge is 0.393 e. The van der Waals surface area contributed by atoms with Gasteiger partial charge in [0.1, 0.15) is 0 Å². The average Bonchev–Trinajstić information content (AvgIpc) is 3.01. The smallest absolute Gasteiger partial charge is 0.0755 e. The molecule has 0 saturated heterocycles. The first kappa shape index (κ1) is 13.9. The fourth-order valence-electron chi connectivity index (χ4n) is 4.30. The number of aliphatic hydroxyl groups excluding tert-OH is 1. The quantitative estimate of drug-likeness (QED) is 0.877. The average molecular weight is 296 g/mol. The highest BCUT2D eigenvalue weighted by molar-refractivity contribution is 5.66.